The van der Waals surface area contributed by atoms with Crippen LogP contribution >= 0.6 is 0 Å². The Labute approximate surface area is 165 Å². The summed E-state index contributed by atoms with van der Waals surface area (Å²) in [6, 6.07) is 16.8. The van der Waals surface area contributed by atoms with Crippen LogP contribution in [0.1, 0.15) is 58.6 Å². The molecule has 0 bridgehead atoms. The molecule has 0 aliphatic heterocycles. The summed E-state index contributed by atoms with van der Waals surface area (Å²) < 4.78 is 0. The van der Waals surface area contributed by atoms with Crippen molar-refractivity contribution in [2.24, 2.45) is 10.9 Å². The summed E-state index contributed by atoms with van der Waals surface area (Å²) in [4.78, 5) is 4.62. The molecule has 0 aromatic heterocycles. The van der Waals surface area contributed by atoms with E-state index in [4.69, 9.17) is 5.11 Å². The molecular weight excluding hydrogens is 330 g/mol. The number of benzene rings is 2. The van der Waals surface area contributed by atoms with Gasteiger partial charge in [-0.15, -0.1) is 0 Å². The minimum absolute atomic E-state index is 0.319. The predicted molar refractivity (Wildman–Crippen MR) is 120 cm³/mol. The third kappa shape index (κ3) is 6.48. The third-order valence-corrected chi connectivity index (χ3v) is 4.37. The van der Waals surface area contributed by atoms with Crippen LogP contribution in [-0.2, 0) is 0 Å². The highest BCUT2D eigenvalue weighted by atomic mass is 16.2. The second-order valence-corrected chi connectivity index (χ2v) is 6.92. The second-order valence-electron chi connectivity index (χ2n) is 6.92. The van der Waals surface area contributed by atoms with E-state index in [2.05, 4.69) is 87.8 Å². The van der Waals surface area contributed by atoms with Crippen molar-refractivity contribution in [1.82, 2.24) is 0 Å². The van der Waals surface area contributed by atoms with Gasteiger partial charge in [0.25, 0.3) is 0 Å². The normalized spacial score (nSPS) is 13.1. The summed E-state index contributed by atoms with van der Waals surface area (Å²) >= 11 is 0. The Hall–Kier alpha value is -2.19. The van der Waals surface area contributed by atoms with Crippen LogP contribution in [0.4, 0.5) is 0 Å². The van der Waals surface area contributed by atoms with Gasteiger partial charge in [0.05, 0.1) is 5.71 Å². The monoisotopic (exact) mass is 365 g/mol. The molecule has 2 nitrogen and oxygen atoms in total. The lowest BCUT2D eigenvalue weighted by atomic mass is 9.81. The number of fused-ring (bicyclic) bond motifs is 3. The van der Waals surface area contributed by atoms with Gasteiger partial charge < -0.3 is 5.11 Å². The van der Waals surface area contributed by atoms with Crippen molar-refractivity contribution in [2.75, 3.05) is 13.2 Å². The molecule has 2 aromatic rings. The Morgan fingerprint density at radius 1 is 0.852 bits per heavy atom. The summed E-state index contributed by atoms with van der Waals surface area (Å²) in [6.07, 6.45) is 2.18. The van der Waals surface area contributed by atoms with Gasteiger partial charge in [-0.1, -0.05) is 89.2 Å². The van der Waals surface area contributed by atoms with Crippen LogP contribution in [0.15, 0.2) is 60.1 Å². The smallest absolute Gasteiger partial charge is 0.0725 e. The molecule has 0 saturated heterocycles. The molecule has 0 heterocycles. The van der Waals surface area contributed by atoms with Crippen molar-refractivity contribution >= 4 is 11.3 Å². The lowest BCUT2D eigenvalue weighted by Crippen LogP contribution is -2.12. The molecule has 0 atom stereocenters. The SMILES string of the molecule is C=C1C(=NCC)c2ccccc2-c2ccccc21.CCC(C)C.CCCO. The fraction of sp³-hybridized carbons (Fsp3) is 0.400. The molecule has 2 heteroatoms. The van der Waals surface area contributed by atoms with Crippen LogP contribution in [0.3, 0.4) is 0 Å². The van der Waals surface area contributed by atoms with Crippen molar-refractivity contribution in [3.05, 3.63) is 66.2 Å². The largest absolute Gasteiger partial charge is 0.396 e. The zero-order valence-electron chi connectivity index (χ0n) is 17.6. The van der Waals surface area contributed by atoms with Crippen molar-refractivity contribution < 1.29 is 5.11 Å². The van der Waals surface area contributed by atoms with Crippen molar-refractivity contribution in [1.29, 1.82) is 0 Å². The molecule has 0 fully saturated rings. The summed E-state index contributed by atoms with van der Waals surface area (Å²) in [7, 11) is 0. The van der Waals surface area contributed by atoms with Crippen LogP contribution in [0.25, 0.3) is 16.7 Å². The summed E-state index contributed by atoms with van der Waals surface area (Å²) in [5.74, 6) is 0.884. The van der Waals surface area contributed by atoms with Gasteiger partial charge in [0, 0.05) is 24.3 Å². The molecule has 2 aromatic carbocycles. The molecule has 3 rings (SSSR count). The fourth-order valence-electron chi connectivity index (χ4n) is 2.53. The minimum Gasteiger partial charge on any atom is -0.396 e. The Kier molecular flexibility index (Phi) is 10.4. The molecular formula is C25H35NO. The molecule has 1 N–H and O–H groups in total. The van der Waals surface area contributed by atoms with E-state index in [-0.39, 0.29) is 0 Å². The lowest BCUT2D eigenvalue weighted by molar-refractivity contribution is 0.295. The van der Waals surface area contributed by atoms with Gasteiger partial charge in [-0.3, -0.25) is 4.99 Å². The molecule has 0 saturated carbocycles. The lowest BCUT2D eigenvalue weighted by Gasteiger charge is -2.23. The highest BCUT2D eigenvalue weighted by Gasteiger charge is 2.22. The standard InChI is InChI=1S/C17H15N.C5H12.C3H8O/c1-3-18-17-12(2)13-8-4-5-9-14(13)15-10-6-7-11-16(15)17;1-4-5(2)3;1-2-3-4/h4-11H,2-3H2,1H3;5H,4H2,1-3H3;4H,2-3H2,1H3. The maximum atomic E-state index is 7.88. The molecule has 1 aliphatic rings. The first kappa shape index (κ1) is 22.9. The van der Waals surface area contributed by atoms with Crippen molar-refractivity contribution in [3.8, 4) is 11.1 Å². The Morgan fingerprint density at radius 2 is 1.26 bits per heavy atom. The number of nitrogens with zero attached hydrogens (tertiary/aromatic N) is 1. The fourth-order valence-corrected chi connectivity index (χ4v) is 2.53. The van der Waals surface area contributed by atoms with Crippen LogP contribution < -0.4 is 0 Å². The molecule has 0 unspecified atom stereocenters. The topological polar surface area (TPSA) is 32.6 Å². The quantitative estimate of drug-likeness (QED) is 0.650. The number of aliphatic hydroxyl groups excluding tert-OH is 1. The number of aliphatic hydroxyl groups is 1. The van der Waals surface area contributed by atoms with Gasteiger partial charge in [-0.05, 0) is 36.0 Å². The predicted octanol–water partition coefficient (Wildman–Crippen LogP) is 6.63. The Balaban J connectivity index is 0.000000342. The van der Waals surface area contributed by atoms with E-state index in [0.717, 1.165) is 30.2 Å². The van der Waals surface area contributed by atoms with Gasteiger partial charge in [-0.2, -0.15) is 0 Å². The van der Waals surface area contributed by atoms with Crippen LogP contribution in [0.2, 0.25) is 0 Å². The Morgan fingerprint density at radius 3 is 1.67 bits per heavy atom. The highest BCUT2D eigenvalue weighted by Crippen LogP contribution is 2.38. The average molecular weight is 366 g/mol. The molecule has 0 radical (unpaired) electrons. The first-order chi connectivity index (χ1) is 13.0. The number of aliphatic imine (C=N–C) groups is 1. The van der Waals surface area contributed by atoms with Gasteiger partial charge in [0.15, 0.2) is 0 Å². The molecule has 27 heavy (non-hydrogen) atoms. The maximum Gasteiger partial charge on any atom is 0.0725 e. The number of allylic oxidation sites excluding steroid dienone is 1. The van der Waals surface area contributed by atoms with Gasteiger partial charge >= 0.3 is 0 Å². The maximum absolute atomic E-state index is 7.88. The second kappa shape index (κ2) is 12.2. The number of hydrogen-bond donors (Lipinski definition) is 1. The van der Waals surface area contributed by atoms with Crippen molar-refractivity contribution in [2.45, 2.75) is 47.5 Å². The summed E-state index contributed by atoms with van der Waals surface area (Å²) in [5.41, 5.74) is 6.98. The van der Waals surface area contributed by atoms with E-state index in [9.17, 15) is 0 Å². The van der Waals surface area contributed by atoms with Crippen molar-refractivity contribution in [3.63, 3.8) is 0 Å². The Bertz CT molecular complexity index is 741. The summed E-state index contributed by atoms with van der Waals surface area (Å²) in [5, 5.41) is 7.88. The van der Waals surface area contributed by atoms with E-state index in [1.165, 1.54) is 28.7 Å². The first-order valence-electron chi connectivity index (χ1n) is 10.0. The van der Waals surface area contributed by atoms with E-state index >= 15 is 0 Å². The van der Waals surface area contributed by atoms with Crippen LogP contribution in [0.5, 0.6) is 0 Å². The van der Waals surface area contributed by atoms with Crippen LogP contribution in [-0.4, -0.2) is 24.0 Å². The third-order valence-electron chi connectivity index (χ3n) is 4.37. The average Bonchev–Trinajstić information content (AvgIpc) is 2.71. The molecule has 146 valence electrons. The zero-order chi connectivity index (χ0) is 20.2. The first-order valence-corrected chi connectivity index (χ1v) is 10.0. The molecule has 0 amide bonds. The summed E-state index contributed by atoms with van der Waals surface area (Å²) in [6.45, 7) is 16.0. The molecule has 0 spiro atoms. The van der Waals surface area contributed by atoms with Gasteiger partial charge in [0.1, 0.15) is 0 Å². The van der Waals surface area contributed by atoms with E-state index < -0.39 is 0 Å². The molecule has 1 aliphatic carbocycles. The minimum atomic E-state index is 0.319. The van der Waals surface area contributed by atoms with E-state index in [0.29, 0.717) is 6.61 Å². The van der Waals surface area contributed by atoms with Gasteiger partial charge in [0.2, 0.25) is 0 Å². The number of hydrogen-bond acceptors (Lipinski definition) is 2. The number of rotatable bonds is 3. The highest BCUT2D eigenvalue weighted by molar-refractivity contribution is 6.36. The zero-order valence-corrected chi connectivity index (χ0v) is 17.6. The van der Waals surface area contributed by atoms with Crippen LogP contribution in [0, 0.1) is 5.92 Å². The van der Waals surface area contributed by atoms with E-state index in [1.807, 2.05) is 6.92 Å². The van der Waals surface area contributed by atoms with E-state index in [1.54, 1.807) is 0 Å². The van der Waals surface area contributed by atoms with Gasteiger partial charge in [-0.25, -0.2) is 0 Å².